The van der Waals surface area contributed by atoms with E-state index in [0.717, 1.165) is 34.3 Å². The van der Waals surface area contributed by atoms with Crippen molar-refractivity contribution in [3.8, 4) is 5.75 Å². The van der Waals surface area contributed by atoms with Crippen LogP contribution in [0.3, 0.4) is 0 Å². The number of nitrogens with one attached hydrogen (secondary N) is 1. The molecule has 2 aromatic rings. The molecule has 1 aliphatic carbocycles. The molecule has 1 N–H and O–H groups in total. The molecule has 4 nitrogen and oxygen atoms in total. The van der Waals surface area contributed by atoms with Crippen molar-refractivity contribution in [2.75, 3.05) is 13.7 Å². The molecular formula is C20H28N2O2. The summed E-state index contributed by atoms with van der Waals surface area (Å²) in [5, 5.41) is 4.05. The monoisotopic (exact) mass is 328 g/mol. The van der Waals surface area contributed by atoms with E-state index in [1.54, 1.807) is 7.11 Å². The lowest BCUT2D eigenvalue weighted by molar-refractivity contribution is 0.0954. The summed E-state index contributed by atoms with van der Waals surface area (Å²) < 4.78 is 7.79. The van der Waals surface area contributed by atoms with E-state index < -0.39 is 0 Å². The summed E-state index contributed by atoms with van der Waals surface area (Å²) in [5.74, 6) is 0.829. The maximum atomic E-state index is 12.8. The van der Waals surface area contributed by atoms with Crippen molar-refractivity contribution in [2.24, 2.45) is 0 Å². The first-order valence-corrected chi connectivity index (χ1v) is 9.14. The van der Waals surface area contributed by atoms with Gasteiger partial charge in [-0.15, -0.1) is 0 Å². The number of hydrogen-bond acceptors (Lipinski definition) is 2. The molecule has 0 radical (unpaired) electrons. The lowest BCUT2D eigenvalue weighted by Crippen LogP contribution is -2.25. The van der Waals surface area contributed by atoms with Crippen molar-refractivity contribution in [3.05, 3.63) is 29.5 Å². The molecule has 0 atom stereocenters. The number of amides is 1. The highest BCUT2D eigenvalue weighted by Crippen LogP contribution is 2.37. The molecule has 1 amide bonds. The summed E-state index contributed by atoms with van der Waals surface area (Å²) in [6, 6.07) is 6.60. The van der Waals surface area contributed by atoms with Crippen molar-refractivity contribution >= 4 is 16.8 Å². The largest absolute Gasteiger partial charge is 0.497 e. The molecule has 130 valence electrons. The van der Waals surface area contributed by atoms with Gasteiger partial charge in [0.1, 0.15) is 5.75 Å². The number of hydrogen-bond donors (Lipinski definition) is 1. The van der Waals surface area contributed by atoms with E-state index in [1.165, 1.54) is 32.1 Å². The SMILES string of the molecule is CCCNC(=O)c1c(C)n(C2CCCCC2)c2ccc(OC)cc12. The number of carbonyl (C=O) groups is 1. The van der Waals surface area contributed by atoms with Gasteiger partial charge in [0, 0.05) is 29.2 Å². The van der Waals surface area contributed by atoms with Crippen LogP contribution in [0.25, 0.3) is 10.9 Å². The van der Waals surface area contributed by atoms with Gasteiger partial charge in [0.15, 0.2) is 0 Å². The number of carbonyl (C=O) groups excluding carboxylic acids is 1. The van der Waals surface area contributed by atoms with Gasteiger partial charge in [-0.25, -0.2) is 0 Å². The molecule has 4 heteroatoms. The van der Waals surface area contributed by atoms with Crippen molar-refractivity contribution in [2.45, 2.75) is 58.4 Å². The Morgan fingerprint density at radius 2 is 2.04 bits per heavy atom. The fourth-order valence-electron chi connectivity index (χ4n) is 3.97. The normalized spacial score (nSPS) is 15.6. The maximum Gasteiger partial charge on any atom is 0.253 e. The zero-order chi connectivity index (χ0) is 17.1. The molecule has 24 heavy (non-hydrogen) atoms. The van der Waals surface area contributed by atoms with Gasteiger partial charge in [-0.3, -0.25) is 4.79 Å². The Labute approximate surface area is 144 Å². The number of benzene rings is 1. The summed E-state index contributed by atoms with van der Waals surface area (Å²) >= 11 is 0. The molecule has 1 heterocycles. The minimum atomic E-state index is 0.0298. The zero-order valence-electron chi connectivity index (χ0n) is 15.0. The third-order valence-electron chi connectivity index (χ3n) is 5.16. The van der Waals surface area contributed by atoms with Crippen LogP contribution in [0.5, 0.6) is 5.75 Å². The van der Waals surface area contributed by atoms with Gasteiger partial charge < -0.3 is 14.6 Å². The van der Waals surface area contributed by atoms with Gasteiger partial charge in [-0.2, -0.15) is 0 Å². The molecule has 0 unspecified atom stereocenters. The average molecular weight is 328 g/mol. The van der Waals surface area contributed by atoms with Crippen LogP contribution in [0, 0.1) is 6.92 Å². The summed E-state index contributed by atoms with van der Waals surface area (Å²) in [5.41, 5.74) is 3.04. The third kappa shape index (κ3) is 3.02. The number of fused-ring (bicyclic) bond motifs is 1. The van der Waals surface area contributed by atoms with E-state index in [0.29, 0.717) is 12.6 Å². The van der Waals surface area contributed by atoms with Crippen molar-refractivity contribution in [1.82, 2.24) is 9.88 Å². The highest BCUT2D eigenvalue weighted by Gasteiger charge is 2.25. The Kier molecular flexibility index (Phi) is 5.12. The van der Waals surface area contributed by atoms with Crippen LogP contribution in [0.15, 0.2) is 18.2 Å². The highest BCUT2D eigenvalue weighted by atomic mass is 16.5. The standard InChI is InChI=1S/C20H28N2O2/c1-4-12-21-20(23)19-14(2)22(15-8-6-5-7-9-15)18-11-10-16(24-3)13-17(18)19/h10-11,13,15H,4-9,12H2,1-3H3,(H,21,23). The Balaban J connectivity index is 2.13. The minimum absolute atomic E-state index is 0.0298. The van der Waals surface area contributed by atoms with Gasteiger partial charge in [0.2, 0.25) is 0 Å². The van der Waals surface area contributed by atoms with Crippen molar-refractivity contribution < 1.29 is 9.53 Å². The summed E-state index contributed by atoms with van der Waals surface area (Å²) in [6.07, 6.45) is 7.22. The highest BCUT2D eigenvalue weighted by molar-refractivity contribution is 6.08. The van der Waals surface area contributed by atoms with Crippen molar-refractivity contribution in [1.29, 1.82) is 0 Å². The molecule has 1 fully saturated rings. The van der Waals surface area contributed by atoms with Gasteiger partial charge in [0.25, 0.3) is 5.91 Å². The van der Waals surface area contributed by atoms with E-state index in [-0.39, 0.29) is 5.91 Å². The minimum Gasteiger partial charge on any atom is -0.497 e. The van der Waals surface area contributed by atoms with Crippen LogP contribution in [0.4, 0.5) is 0 Å². The van der Waals surface area contributed by atoms with Crippen LogP contribution in [0.2, 0.25) is 0 Å². The van der Waals surface area contributed by atoms with Gasteiger partial charge >= 0.3 is 0 Å². The lowest BCUT2D eigenvalue weighted by atomic mass is 9.95. The molecule has 1 aromatic heterocycles. The number of ether oxygens (including phenoxy) is 1. The average Bonchev–Trinajstić information content (AvgIpc) is 2.91. The van der Waals surface area contributed by atoms with Crippen LogP contribution in [0.1, 0.15) is 67.5 Å². The smallest absolute Gasteiger partial charge is 0.253 e. The molecule has 1 aromatic carbocycles. The first kappa shape index (κ1) is 16.9. The second-order valence-corrected chi connectivity index (χ2v) is 6.76. The predicted octanol–water partition coefficient (Wildman–Crippen LogP) is 4.60. The maximum absolute atomic E-state index is 12.8. The number of aromatic nitrogens is 1. The second kappa shape index (κ2) is 7.29. The Morgan fingerprint density at radius 3 is 2.71 bits per heavy atom. The van der Waals surface area contributed by atoms with E-state index in [4.69, 9.17) is 4.74 Å². The van der Waals surface area contributed by atoms with Crippen LogP contribution < -0.4 is 10.1 Å². The topological polar surface area (TPSA) is 43.3 Å². The number of nitrogens with zero attached hydrogens (tertiary/aromatic N) is 1. The fourth-order valence-corrected chi connectivity index (χ4v) is 3.97. The molecule has 1 aliphatic rings. The summed E-state index contributed by atoms with van der Waals surface area (Å²) in [4.78, 5) is 12.8. The third-order valence-corrected chi connectivity index (χ3v) is 5.16. The second-order valence-electron chi connectivity index (χ2n) is 6.76. The van der Waals surface area contributed by atoms with E-state index in [2.05, 4.69) is 29.8 Å². The van der Waals surface area contributed by atoms with Gasteiger partial charge in [0.05, 0.1) is 12.7 Å². The van der Waals surface area contributed by atoms with Crippen molar-refractivity contribution in [3.63, 3.8) is 0 Å². The Hall–Kier alpha value is -1.97. The Bertz CT molecular complexity index is 727. The van der Waals surface area contributed by atoms with Crippen LogP contribution >= 0.6 is 0 Å². The quantitative estimate of drug-likeness (QED) is 0.871. The molecular weight excluding hydrogens is 300 g/mol. The Morgan fingerprint density at radius 1 is 1.29 bits per heavy atom. The first-order chi connectivity index (χ1) is 11.7. The molecule has 0 bridgehead atoms. The molecule has 0 spiro atoms. The molecule has 0 aliphatic heterocycles. The summed E-state index contributed by atoms with van der Waals surface area (Å²) in [6.45, 7) is 4.86. The molecule has 1 saturated carbocycles. The molecule has 3 rings (SSSR count). The zero-order valence-corrected chi connectivity index (χ0v) is 15.0. The lowest BCUT2D eigenvalue weighted by Gasteiger charge is -2.26. The fraction of sp³-hybridized carbons (Fsp3) is 0.550. The van der Waals surface area contributed by atoms with E-state index in [1.807, 2.05) is 12.1 Å². The summed E-state index contributed by atoms with van der Waals surface area (Å²) in [7, 11) is 1.67. The molecule has 0 saturated heterocycles. The number of rotatable bonds is 5. The predicted molar refractivity (Wildman–Crippen MR) is 98.0 cm³/mol. The number of methoxy groups -OCH3 is 1. The first-order valence-electron chi connectivity index (χ1n) is 9.14. The van der Waals surface area contributed by atoms with Crippen LogP contribution in [-0.2, 0) is 0 Å². The van der Waals surface area contributed by atoms with Gasteiger partial charge in [-0.05, 0) is 44.4 Å². The van der Waals surface area contributed by atoms with E-state index >= 15 is 0 Å². The van der Waals surface area contributed by atoms with Gasteiger partial charge in [-0.1, -0.05) is 26.2 Å². The van der Waals surface area contributed by atoms with Crippen LogP contribution in [-0.4, -0.2) is 24.1 Å². The van der Waals surface area contributed by atoms with E-state index in [9.17, 15) is 4.79 Å².